The number of hydrogen-bond donors (Lipinski definition) is 0. The second-order valence-corrected chi connectivity index (χ2v) is 6.93. The summed E-state index contributed by atoms with van der Waals surface area (Å²) in [7, 11) is 0. The molecule has 1 fully saturated rings. The van der Waals surface area contributed by atoms with Gasteiger partial charge in [-0.1, -0.05) is 18.2 Å². The molecule has 0 atom stereocenters. The maximum absolute atomic E-state index is 12.8. The fourth-order valence-electron chi connectivity index (χ4n) is 3.48. The largest absolute Gasteiger partial charge is 0.457 e. The van der Waals surface area contributed by atoms with Gasteiger partial charge in [0.15, 0.2) is 0 Å². The number of likely N-dealkylation sites (tertiary alicyclic amines) is 1. The van der Waals surface area contributed by atoms with Crippen LogP contribution in [0.3, 0.4) is 0 Å². The zero-order valence-corrected chi connectivity index (χ0v) is 15.2. The normalized spacial score (nSPS) is 14.9. The lowest BCUT2D eigenvalue weighted by atomic mass is 9.96. The summed E-state index contributed by atoms with van der Waals surface area (Å²) in [5, 5.41) is 0. The van der Waals surface area contributed by atoms with Crippen LogP contribution in [-0.4, -0.2) is 33.4 Å². The number of hydrogen-bond acceptors (Lipinski definition) is 3. The highest BCUT2D eigenvalue weighted by Gasteiger charge is 2.23. The summed E-state index contributed by atoms with van der Waals surface area (Å²) in [5.74, 6) is 2.22. The summed E-state index contributed by atoms with van der Waals surface area (Å²) in [4.78, 5) is 18.8. The Balaban J connectivity index is 1.32. The maximum Gasteiger partial charge on any atom is 0.253 e. The molecule has 1 amide bonds. The minimum atomic E-state index is 0.0994. The Kier molecular flexibility index (Phi) is 5.19. The van der Waals surface area contributed by atoms with Gasteiger partial charge in [-0.05, 0) is 55.2 Å². The summed E-state index contributed by atoms with van der Waals surface area (Å²) < 4.78 is 7.91. The second-order valence-electron chi connectivity index (χ2n) is 6.93. The Hall–Kier alpha value is -3.08. The molecular formula is C22H23N3O2. The number of aromatic nitrogens is 2. The minimum absolute atomic E-state index is 0.0994. The van der Waals surface area contributed by atoms with Gasteiger partial charge in [-0.15, -0.1) is 0 Å². The van der Waals surface area contributed by atoms with Gasteiger partial charge in [0, 0.05) is 37.6 Å². The third-order valence-electron chi connectivity index (χ3n) is 5.01. The van der Waals surface area contributed by atoms with Gasteiger partial charge < -0.3 is 14.2 Å². The molecule has 0 spiro atoms. The fourth-order valence-corrected chi connectivity index (χ4v) is 3.48. The van der Waals surface area contributed by atoms with Crippen molar-refractivity contribution in [1.29, 1.82) is 0 Å². The first-order valence-electron chi connectivity index (χ1n) is 9.36. The van der Waals surface area contributed by atoms with Gasteiger partial charge in [-0.2, -0.15) is 0 Å². The third kappa shape index (κ3) is 4.37. The predicted octanol–water partition coefficient (Wildman–Crippen LogP) is 4.23. The van der Waals surface area contributed by atoms with E-state index in [9.17, 15) is 4.79 Å². The number of carbonyl (C=O) groups is 1. The van der Waals surface area contributed by atoms with E-state index in [4.69, 9.17) is 4.74 Å². The van der Waals surface area contributed by atoms with E-state index in [-0.39, 0.29) is 5.91 Å². The predicted molar refractivity (Wildman–Crippen MR) is 104 cm³/mol. The molecule has 1 saturated heterocycles. The van der Waals surface area contributed by atoms with Gasteiger partial charge in [0.1, 0.15) is 11.5 Å². The smallest absolute Gasteiger partial charge is 0.253 e. The Morgan fingerprint density at radius 2 is 1.70 bits per heavy atom. The van der Waals surface area contributed by atoms with Crippen molar-refractivity contribution in [2.45, 2.75) is 19.4 Å². The van der Waals surface area contributed by atoms with Gasteiger partial charge >= 0.3 is 0 Å². The molecule has 27 heavy (non-hydrogen) atoms. The number of para-hydroxylation sites is 1. The van der Waals surface area contributed by atoms with Crippen LogP contribution in [0.25, 0.3) is 0 Å². The first-order chi connectivity index (χ1) is 13.3. The average molecular weight is 361 g/mol. The molecule has 0 aliphatic carbocycles. The topological polar surface area (TPSA) is 47.4 Å². The Labute approximate surface area is 159 Å². The summed E-state index contributed by atoms with van der Waals surface area (Å²) in [6.07, 6.45) is 7.72. The highest BCUT2D eigenvalue weighted by molar-refractivity contribution is 5.94. The van der Waals surface area contributed by atoms with E-state index in [0.717, 1.165) is 44.0 Å². The van der Waals surface area contributed by atoms with Crippen LogP contribution in [0.2, 0.25) is 0 Å². The molecule has 138 valence electrons. The monoisotopic (exact) mass is 361 g/mol. The zero-order chi connectivity index (χ0) is 18.5. The molecule has 0 radical (unpaired) electrons. The number of amides is 1. The van der Waals surface area contributed by atoms with E-state index < -0.39 is 0 Å². The van der Waals surface area contributed by atoms with Crippen LogP contribution in [0.4, 0.5) is 0 Å². The number of ether oxygens (including phenoxy) is 1. The molecule has 0 saturated carbocycles. The van der Waals surface area contributed by atoms with Crippen molar-refractivity contribution in [3.8, 4) is 11.5 Å². The van der Waals surface area contributed by atoms with Gasteiger partial charge in [-0.3, -0.25) is 4.79 Å². The molecule has 5 heteroatoms. The molecule has 4 rings (SSSR count). The van der Waals surface area contributed by atoms with Gasteiger partial charge in [0.05, 0.1) is 6.33 Å². The molecule has 1 aromatic heterocycles. The van der Waals surface area contributed by atoms with E-state index in [1.807, 2.05) is 78.2 Å². The van der Waals surface area contributed by atoms with Crippen LogP contribution < -0.4 is 4.74 Å². The highest BCUT2D eigenvalue weighted by atomic mass is 16.5. The van der Waals surface area contributed by atoms with Crippen molar-refractivity contribution in [2.75, 3.05) is 13.1 Å². The average Bonchev–Trinajstić information content (AvgIpc) is 3.22. The number of imidazole rings is 1. The summed E-state index contributed by atoms with van der Waals surface area (Å²) >= 11 is 0. The summed E-state index contributed by atoms with van der Waals surface area (Å²) in [6, 6.07) is 17.0. The van der Waals surface area contributed by atoms with E-state index in [0.29, 0.717) is 11.5 Å². The van der Waals surface area contributed by atoms with Crippen LogP contribution in [0, 0.1) is 5.92 Å². The Morgan fingerprint density at radius 3 is 2.37 bits per heavy atom. The van der Waals surface area contributed by atoms with E-state index in [1.54, 1.807) is 0 Å². The van der Waals surface area contributed by atoms with Gasteiger partial charge in [-0.25, -0.2) is 4.98 Å². The molecule has 0 N–H and O–H groups in total. The SMILES string of the molecule is O=C(c1ccc(Oc2ccccc2)cc1)N1CCC(Cn2ccnc2)CC1. The standard InChI is InChI=1S/C22H23N3O2/c26-22(25-13-10-18(11-14-25)16-24-15-12-23-17-24)19-6-8-21(9-7-19)27-20-4-2-1-3-5-20/h1-9,12,15,17-18H,10-11,13-14,16H2. The van der Waals surface area contributed by atoms with Crippen LogP contribution in [0.1, 0.15) is 23.2 Å². The molecule has 1 aliphatic heterocycles. The van der Waals surface area contributed by atoms with Gasteiger partial charge in [0.2, 0.25) is 0 Å². The second kappa shape index (κ2) is 8.08. The first-order valence-corrected chi connectivity index (χ1v) is 9.36. The summed E-state index contributed by atoms with van der Waals surface area (Å²) in [6.45, 7) is 2.59. The van der Waals surface area contributed by atoms with Crippen molar-refractivity contribution in [1.82, 2.24) is 14.5 Å². The van der Waals surface area contributed by atoms with Crippen LogP contribution >= 0.6 is 0 Å². The van der Waals surface area contributed by atoms with Crippen LogP contribution in [0.15, 0.2) is 73.3 Å². The van der Waals surface area contributed by atoms with E-state index in [1.165, 1.54) is 0 Å². The van der Waals surface area contributed by atoms with E-state index in [2.05, 4.69) is 9.55 Å². The molecule has 3 aromatic rings. The maximum atomic E-state index is 12.8. The number of piperidine rings is 1. The molecule has 5 nitrogen and oxygen atoms in total. The quantitative estimate of drug-likeness (QED) is 0.683. The number of nitrogens with zero attached hydrogens (tertiary/aromatic N) is 3. The Bertz CT molecular complexity index is 852. The molecule has 2 aromatic carbocycles. The lowest BCUT2D eigenvalue weighted by molar-refractivity contribution is 0.0683. The number of benzene rings is 2. The van der Waals surface area contributed by atoms with E-state index >= 15 is 0 Å². The van der Waals surface area contributed by atoms with Crippen molar-refractivity contribution in [3.05, 3.63) is 78.9 Å². The fraction of sp³-hybridized carbons (Fsp3) is 0.273. The van der Waals surface area contributed by atoms with Gasteiger partial charge in [0.25, 0.3) is 5.91 Å². The number of rotatable bonds is 5. The van der Waals surface area contributed by atoms with Crippen molar-refractivity contribution in [2.24, 2.45) is 5.92 Å². The summed E-state index contributed by atoms with van der Waals surface area (Å²) in [5.41, 5.74) is 0.712. The lowest BCUT2D eigenvalue weighted by Gasteiger charge is -2.32. The Morgan fingerprint density at radius 1 is 1.00 bits per heavy atom. The first kappa shape index (κ1) is 17.3. The van der Waals surface area contributed by atoms with Crippen molar-refractivity contribution < 1.29 is 9.53 Å². The minimum Gasteiger partial charge on any atom is -0.457 e. The molecule has 1 aliphatic rings. The van der Waals surface area contributed by atoms with Crippen LogP contribution in [0.5, 0.6) is 11.5 Å². The molecule has 0 bridgehead atoms. The molecular weight excluding hydrogens is 338 g/mol. The molecule has 0 unspecified atom stereocenters. The van der Waals surface area contributed by atoms with Crippen molar-refractivity contribution >= 4 is 5.91 Å². The molecule has 2 heterocycles. The van der Waals surface area contributed by atoms with Crippen LogP contribution in [-0.2, 0) is 6.54 Å². The lowest BCUT2D eigenvalue weighted by Crippen LogP contribution is -2.39. The number of carbonyl (C=O) groups excluding carboxylic acids is 1. The highest BCUT2D eigenvalue weighted by Crippen LogP contribution is 2.23. The van der Waals surface area contributed by atoms with Crippen molar-refractivity contribution in [3.63, 3.8) is 0 Å². The third-order valence-corrected chi connectivity index (χ3v) is 5.01. The zero-order valence-electron chi connectivity index (χ0n) is 15.2.